The van der Waals surface area contributed by atoms with E-state index in [1.54, 1.807) is 0 Å². The quantitative estimate of drug-likeness (QED) is 0.696. The molecule has 1 rings (SSSR count). The van der Waals surface area contributed by atoms with E-state index in [1.165, 1.54) is 25.2 Å². The summed E-state index contributed by atoms with van der Waals surface area (Å²) < 4.78 is 0. The molecule has 0 heterocycles. The highest BCUT2D eigenvalue weighted by molar-refractivity contribution is 5.90. The summed E-state index contributed by atoms with van der Waals surface area (Å²) in [5, 5.41) is 25.4. The monoisotopic (exact) mass is 242 g/mol. The largest absolute Gasteiger partial charge is 0.481 e. The van der Waals surface area contributed by atoms with Crippen molar-refractivity contribution >= 4 is 11.9 Å². The number of aliphatic carboxylic acids is 2. The summed E-state index contributed by atoms with van der Waals surface area (Å²) in [7, 11) is 0. The Balaban J connectivity index is 0.000000557. The van der Waals surface area contributed by atoms with E-state index in [9.17, 15) is 9.59 Å². The van der Waals surface area contributed by atoms with E-state index >= 15 is 0 Å². The van der Waals surface area contributed by atoms with Gasteiger partial charge in [0.1, 0.15) is 0 Å². The van der Waals surface area contributed by atoms with Gasteiger partial charge in [0.15, 0.2) is 0 Å². The first-order valence-corrected chi connectivity index (χ1v) is 5.33. The molecule has 1 unspecified atom stereocenters. The molecule has 0 fully saturated rings. The molecule has 3 N–H and O–H groups in total. The second kappa shape index (κ2) is 6.85. The third-order valence-corrected chi connectivity index (χ3v) is 2.31. The van der Waals surface area contributed by atoms with Crippen molar-refractivity contribution in [1.82, 2.24) is 0 Å². The lowest BCUT2D eigenvalue weighted by atomic mass is 9.80. The van der Waals surface area contributed by atoms with Gasteiger partial charge in [-0.15, -0.1) is 0 Å². The lowest BCUT2D eigenvalue weighted by molar-refractivity contribution is -0.145. The summed E-state index contributed by atoms with van der Waals surface area (Å²) >= 11 is 0. The van der Waals surface area contributed by atoms with Gasteiger partial charge in [0.05, 0.1) is 5.41 Å². The van der Waals surface area contributed by atoms with E-state index in [0.29, 0.717) is 6.61 Å². The standard InChI is InChI=1S/C9H10O4.C3H8O/c1-9(8(12)13)4-2-3-6(5-9)7(10)11;1-2-3-4/h2-4H,5H2,1H3,(H,10,11)(H,12,13);4H,2-3H2,1H3. The van der Waals surface area contributed by atoms with Crippen molar-refractivity contribution in [3.63, 3.8) is 0 Å². The van der Waals surface area contributed by atoms with Crippen LogP contribution in [0.15, 0.2) is 23.8 Å². The van der Waals surface area contributed by atoms with Gasteiger partial charge in [-0.3, -0.25) is 4.79 Å². The minimum atomic E-state index is -1.08. The van der Waals surface area contributed by atoms with Gasteiger partial charge in [-0.05, 0) is 19.8 Å². The number of hydrogen-bond acceptors (Lipinski definition) is 3. The van der Waals surface area contributed by atoms with Gasteiger partial charge in [-0.25, -0.2) is 4.79 Å². The predicted octanol–water partition coefficient (Wildman–Crippen LogP) is 1.44. The minimum absolute atomic E-state index is 0.0359. The molecule has 1 aliphatic carbocycles. The maximum atomic E-state index is 10.8. The highest BCUT2D eigenvalue weighted by Crippen LogP contribution is 2.31. The Bertz CT molecular complexity index is 341. The van der Waals surface area contributed by atoms with Crippen LogP contribution in [0, 0.1) is 5.41 Å². The molecule has 0 radical (unpaired) electrons. The summed E-state index contributed by atoms with van der Waals surface area (Å²) in [5.41, 5.74) is -0.949. The molecule has 0 spiro atoms. The van der Waals surface area contributed by atoms with Crippen molar-refractivity contribution in [2.24, 2.45) is 5.41 Å². The summed E-state index contributed by atoms with van der Waals surface area (Å²) in [6.45, 7) is 3.75. The molecule has 0 saturated heterocycles. The number of carbonyl (C=O) groups is 2. The molecule has 5 heteroatoms. The maximum absolute atomic E-state index is 10.8. The SMILES string of the molecule is CC1(C(=O)O)C=CC=C(C(=O)O)C1.CCCO. The van der Waals surface area contributed by atoms with Gasteiger partial charge in [0, 0.05) is 12.2 Å². The fourth-order valence-corrected chi connectivity index (χ4v) is 1.18. The highest BCUT2D eigenvalue weighted by atomic mass is 16.4. The second-order valence-electron chi connectivity index (χ2n) is 3.98. The predicted molar refractivity (Wildman–Crippen MR) is 62.6 cm³/mol. The fourth-order valence-electron chi connectivity index (χ4n) is 1.18. The Kier molecular flexibility index (Phi) is 6.20. The van der Waals surface area contributed by atoms with Crippen LogP contribution in [0.2, 0.25) is 0 Å². The molecule has 0 saturated carbocycles. The summed E-state index contributed by atoms with van der Waals surface area (Å²) in [4.78, 5) is 21.3. The zero-order valence-electron chi connectivity index (χ0n) is 10.0. The smallest absolute Gasteiger partial charge is 0.331 e. The molecular weight excluding hydrogens is 224 g/mol. The van der Waals surface area contributed by atoms with Crippen molar-refractivity contribution < 1.29 is 24.9 Å². The number of aliphatic hydroxyl groups excluding tert-OH is 1. The molecule has 5 nitrogen and oxygen atoms in total. The third kappa shape index (κ3) is 4.82. The Morgan fingerprint density at radius 1 is 1.41 bits per heavy atom. The van der Waals surface area contributed by atoms with Crippen LogP contribution < -0.4 is 0 Å². The van der Waals surface area contributed by atoms with Crippen LogP contribution in [0.5, 0.6) is 0 Å². The van der Waals surface area contributed by atoms with E-state index < -0.39 is 17.4 Å². The highest BCUT2D eigenvalue weighted by Gasteiger charge is 2.34. The van der Waals surface area contributed by atoms with Gasteiger partial charge in [-0.2, -0.15) is 0 Å². The van der Waals surface area contributed by atoms with Gasteiger partial charge >= 0.3 is 11.9 Å². The number of hydrogen-bond donors (Lipinski definition) is 3. The lowest BCUT2D eigenvalue weighted by Crippen LogP contribution is -2.28. The van der Waals surface area contributed by atoms with Crippen molar-refractivity contribution in [3.8, 4) is 0 Å². The van der Waals surface area contributed by atoms with E-state index in [2.05, 4.69) is 0 Å². The molecule has 0 aromatic carbocycles. The normalized spacial score (nSPS) is 22.2. The summed E-state index contributed by atoms with van der Waals surface area (Å²) in [6, 6.07) is 0. The molecule has 0 aromatic rings. The fraction of sp³-hybridized carbons (Fsp3) is 0.500. The minimum Gasteiger partial charge on any atom is -0.481 e. The zero-order valence-corrected chi connectivity index (χ0v) is 10.0. The summed E-state index contributed by atoms with van der Waals surface area (Å²) in [6.07, 6.45) is 5.31. The first-order chi connectivity index (χ1) is 7.87. The first-order valence-electron chi connectivity index (χ1n) is 5.33. The van der Waals surface area contributed by atoms with Crippen molar-refractivity contribution in [2.75, 3.05) is 6.61 Å². The average Bonchev–Trinajstić information content (AvgIpc) is 2.29. The van der Waals surface area contributed by atoms with Crippen LogP contribution in [-0.4, -0.2) is 33.9 Å². The van der Waals surface area contributed by atoms with Gasteiger partial charge < -0.3 is 15.3 Å². The van der Waals surface area contributed by atoms with Crippen LogP contribution in [0.3, 0.4) is 0 Å². The Morgan fingerprint density at radius 3 is 2.29 bits per heavy atom. The lowest BCUT2D eigenvalue weighted by Gasteiger charge is -2.23. The molecule has 0 aliphatic heterocycles. The molecule has 96 valence electrons. The van der Waals surface area contributed by atoms with Crippen LogP contribution in [-0.2, 0) is 9.59 Å². The Hall–Kier alpha value is -1.62. The van der Waals surface area contributed by atoms with E-state index in [4.69, 9.17) is 15.3 Å². The van der Waals surface area contributed by atoms with E-state index in [0.717, 1.165) is 6.42 Å². The molecule has 0 bridgehead atoms. The first kappa shape index (κ1) is 15.4. The molecular formula is C12H18O5. The Morgan fingerprint density at radius 2 is 1.94 bits per heavy atom. The molecule has 1 atom stereocenters. The molecule has 17 heavy (non-hydrogen) atoms. The summed E-state index contributed by atoms with van der Waals surface area (Å²) in [5.74, 6) is -2.06. The van der Waals surface area contributed by atoms with Gasteiger partial charge in [-0.1, -0.05) is 25.2 Å². The zero-order chi connectivity index (χ0) is 13.5. The van der Waals surface area contributed by atoms with E-state index in [1.807, 2.05) is 6.92 Å². The van der Waals surface area contributed by atoms with Crippen LogP contribution in [0.25, 0.3) is 0 Å². The molecule has 0 amide bonds. The third-order valence-electron chi connectivity index (χ3n) is 2.31. The molecule has 0 aromatic heterocycles. The number of carboxylic acids is 2. The van der Waals surface area contributed by atoms with Crippen molar-refractivity contribution in [2.45, 2.75) is 26.7 Å². The average molecular weight is 242 g/mol. The van der Waals surface area contributed by atoms with Gasteiger partial charge in [0.2, 0.25) is 0 Å². The van der Waals surface area contributed by atoms with Crippen LogP contribution >= 0.6 is 0 Å². The van der Waals surface area contributed by atoms with Crippen LogP contribution in [0.4, 0.5) is 0 Å². The maximum Gasteiger partial charge on any atom is 0.331 e. The van der Waals surface area contributed by atoms with Gasteiger partial charge in [0.25, 0.3) is 0 Å². The molecule has 1 aliphatic rings. The van der Waals surface area contributed by atoms with Crippen molar-refractivity contribution in [3.05, 3.63) is 23.8 Å². The Labute approximate surface area is 100 Å². The second-order valence-corrected chi connectivity index (χ2v) is 3.98. The number of carboxylic acid groups (broad SMARTS) is 2. The van der Waals surface area contributed by atoms with Crippen molar-refractivity contribution in [1.29, 1.82) is 0 Å². The number of allylic oxidation sites excluding steroid dienone is 2. The van der Waals surface area contributed by atoms with Crippen LogP contribution in [0.1, 0.15) is 26.7 Å². The topological polar surface area (TPSA) is 94.8 Å². The number of aliphatic hydroxyl groups is 1. The number of rotatable bonds is 3. The van der Waals surface area contributed by atoms with E-state index in [-0.39, 0.29) is 12.0 Å².